The molecule has 0 aliphatic carbocycles. The molecule has 4 nitrogen and oxygen atoms in total. The minimum Gasteiger partial charge on any atom is -0.384 e. The van der Waals surface area contributed by atoms with E-state index in [1.165, 1.54) is 0 Å². The van der Waals surface area contributed by atoms with Crippen LogP contribution in [0.4, 0.5) is 5.82 Å². The number of hydrogen-bond donors (Lipinski definition) is 1. The molecule has 1 aromatic rings. The average molecular weight is 209 g/mol. The first-order chi connectivity index (χ1) is 7.05. The predicted molar refractivity (Wildman–Crippen MR) is 60.5 cm³/mol. The highest BCUT2D eigenvalue weighted by atomic mass is 16.5. The van der Waals surface area contributed by atoms with Gasteiger partial charge in [0.25, 0.3) is 0 Å². The van der Waals surface area contributed by atoms with E-state index in [4.69, 9.17) is 10.5 Å². The van der Waals surface area contributed by atoms with Gasteiger partial charge in [0.1, 0.15) is 11.4 Å². The van der Waals surface area contributed by atoms with Gasteiger partial charge in [-0.15, -0.1) is 0 Å². The number of hydrogen-bond acceptors (Lipinski definition) is 4. The Balaban J connectivity index is 3.18. The van der Waals surface area contributed by atoms with E-state index in [1.807, 2.05) is 20.8 Å². The Morgan fingerprint density at radius 1 is 1.40 bits per heavy atom. The summed E-state index contributed by atoms with van der Waals surface area (Å²) in [6.07, 6.45) is 1.67. The van der Waals surface area contributed by atoms with Crippen molar-refractivity contribution in [3.63, 3.8) is 0 Å². The van der Waals surface area contributed by atoms with Gasteiger partial charge < -0.3 is 10.5 Å². The molecule has 4 heteroatoms. The normalized spacial score (nSPS) is 14.9. The minimum absolute atomic E-state index is 0.445. The Bertz CT molecular complexity index is 335. The molecule has 1 aromatic heterocycles. The molecule has 0 saturated carbocycles. The van der Waals surface area contributed by atoms with E-state index in [0.717, 1.165) is 18.5 Å². The summed E-state index contributed by atoms with van der Waals surface area (Å²) in [5.41, 5.74) is 6.24. The van der Waals surface area contributed by atoms with Crippen molar-refractivity contribution < 1.29 is 4.74 Å². The van der Waals surface area contributed by atoms with Gasteiger partial charge in [0, 0.05) is 18.9 Å². The van der Waals surface area contributed by atoms with E-state index >= 15 is 0 Å². The maximum atomic E-state index is 5.73. The van der Waals surface area contributed by atoms with Crippen molar-refractivity contribution in [1.82, 2.24) is 9.97 Å². The van der Waals surface area contributed by atoms with Crippen molar-refractivity contribution in [1.29, 1.82) is 0 Å². The van der Waals surface area contributed by atoms with Crippen LogP contribution >= 0.6 is 0 Å². The molecule has 0 spiro atoms. The molecule has 0 radical (unpaired) electrons. The lowest BCUT2D eigenvalue weighted by Crippen LogP contribution is -2.27. The summed E-state index contributed by atoms with van der Waals surface area (Å²) in [6, 6.07) is 1.80. The number of aryl methyl sites for hydroxylation is 1. The van der Waals surface area contributed by atoms with Crippen LogP contribution in [0.2, 0.25) is 0 Å². The second-order valence-corrected chi connectivity index (χ2v) is 3.75. The number of rotatable bonds is 4. The third-order valence-corrected chi connectivity index (χ3v) is 2.76. The first-order valence-corrected chi connectivity index (χ1v) is 5.24. The molecule has 1 rings (SSSR count). The van der Waals surface area contributed by atoms with Crippen LogP contribution in [0.1, 0.15) is 38.7 Å². The molecule has 0 saturated heterocycles. The van der Waals surface area contributed by atoms with Crippen LogP contribution in [-0.4, -0.2) is 17.1 Å². The molecule has 0 aliphatic rings. The fourth-order valence-electron chi connectivity index (χ4n) is 1.33. The first kappa shape index (κ1) is 11.9. The number of aromatic nitrogens is 2. The second-order valence-electron chi connectivity index (χ2n) is 3.75. The van der Waals surface area contributed by atoms with E-state index in [9.17, 15) is 0 Å². The summed E-state index contributed by atoms with van der Waals surface area (Å²) in [6.45, 7) is 6.06. The Labute approximate surface area is 90.9 Å². The zero-order valence-electron chi connectivity index (χ0n) is 9.87. The summed E-state index contributed by atoms with van der Waals surface area (Å²) in [5.74, 6) is 1.18. The summed E-state index contributed by atoms with van der Waals surface area (Å²) in [7, 11) is 1.67. The second kappa shape index (κ2) is 4.57. The lowest BCUT2D eigenvalue weighted by atomic mass is 10.0. The van der Waals surface area contributed by atoms with Gasteiger partial charge in [0.2, 0.25) is 0 Å². The van der Waals surface area contributed by atoms with Crippen LogP contribution in [0.5, 0.6) is 0 Å². The number of methoxy groups -OCH3 is 1. The standard InChI is InChI=1S/C11H19N3O/c1-5-8-7-9(12)14-10(13-8)11(3,6-2)15-4/h7H,5-6H2,1-4H3,(H2,12,13,14). The van der Waals surface area contributed by atoms with E-state index in [2.05, 4.69) is 9.97 Å². The molecule has 1 unspecified atom stereocenters. The number of nitrogens with two attached hydrogens (primary N) is 1. The van der Waals surface area contributed by atoms with Gasteiger partial charge in [0.05, 0.1) is 0 Å². The molecule has 1 heterocycles. The van der Waals surface area contributed by atoms with Crippen LogP contribution in [0.25, 0.3) is 0 Å². The van der Waals surface area contributed by atoms with E-state index in [-0.39, 0.29) is 0 Å². The molecule has 0 fully saturated rings. The van der Waals surface area contributed by atoms with Crippen molar-refractivity contribution >= 4 is 5.82 Å². The van der Waals surface area contributed by atoms with Crippen LogP contribution in [-0.2, 0) is 16.8 Å². The SMILES string of the molecule is CCc1cc(N)nc(C(C)(CC)OC)n1. The summed E-state index contributed by atoms with van der Waals surface area (Å²) < 4.78 is 5.45. The number of anilines is 1. The average Bonchev–Trinajstić information content (AvgIpc) is 2.27. The lowest BCUT2D eigenvalue weighted by Gasteiger charge is -2.25. The number of nitrogen functional groups attached to an aromatic ring is 1. The van der Waals surface area contributed by atoms with Crippen molar-refractivity contribution in [2.75, 3.05) is 12.8 Å². The maximum Gasteiger partial charge on any atom is 0.162 e. The fourth-order valence-corrected chi connectivity index (χ4v) is 1.33. The van der Waals surface area contributed by atoms with Crippen LogP contribution in [0.3, 0.4) is 0 Å². The Hall–Kier alpha value is -1.16. The van der Waals surface area contributed by atoms with E-state index in [0.29, 0.717) is 11.6 Å². The Morgan fingerprint density at radius 3 is 2.53 bits per heavy atom. The minimum atomic E-state index is -0.445. The maximum absolute atomic E-state index is 5.73. The molecular weight excluding hydrogens is 190 g/mol. The highest BCUT2D eigenvalue weighted by Gasteiger charge is 2.27. The largest absolute Gasteiger partial charge is 0.384 e. The van der Waals surface area contributed by atoms with Gasteiger partial charge in [-0.25, -0.2) is 9.97 Å². The third kappa shape index (κ3) is 2.45. The van der Waals surface area contributed by atoms with Gasteiger partial charge in [-0.2, -0.15) is 0 Å². The van der Waals surface area contributed by atoms with Crippen molar-refractivity contribution in [2.45, 2.75) is 39.2 Å². The quantitative estimate of drug-likeness (QED) is 0.822. The predicted octanol–water partition coefficient (Wildman–Crippen LogP) is 1.89. The summed E-state index contributed by atoms with van der Waals surface area (Å²) in [5, 5.41) is 0. The van der Waals surface area contributed by atoms with Gasteiger partial charge >= 0.3 is 0 Å². The van der Waals surface area contributed by atoms with Crippen molar-refractivity contribution in [2.24, 2.45) is 0 Å². The first-order valence-electron chi connectivity index (χ1n) is 5.24. The highest BCUT2D eigenvalue weighted by molar-refractivity contribution is 5.31. The van der Waals surface area contributed by atoms with Crippen molar-refractivity contribution in [3.05, 3.63) is 17.6 Å². The highest BCUT2D eigenvalue weighted by Crippen LogP contribution is 2.25. The summed E-state index contributed by atoms with van der Waals surface area (Å²) in [4.78, 5) is 8.69. The number of nitrogens with zero attached hydrogens (tertiary/aromatic N) is 2. The molecule has 0 aromatic carbocycles. The fraction of sp³-hybridized carbons (Fsp3) is 0.636. The molecule has 0 bridgehead atoms. The van der Waals surface area contributed by atoms with Gasteiger partial charge in [-0.3, -0.25) is 0 Å². The van der Waals surface area contributed by atoms with Crippen LogP contribution in [0.15, 0.2) is 6.07 Å². The molecule has 84 valence electrons. The van der Waals surface area contributed by atoms with Gasteiger partial charge in [0.15, 0.2) is 5.82 Å². The molecule has 1 atom stereocenters. The topological polar surface area (TPSA) is 61.0 Å². The van der Waals surface area contributed by atoms with Crippen LogP contribution in [0, 0.1) is 0 Å². The van der Waals surface area contributed by atoms with E-state index in [1.54, 1.807) is 13.2 Å². The van der Waals surface area contributed by atoms with Crippen LogP contribution < -0.4 is 5.73 Å². The number of ether oxygens (including phenoxy) is 1. The zero-order valence-corrected chi connectivity index (χ0v) is 9.87. The van der Waals surface area contributed by atoms with Gasteiger partial charge in [-0.05, 0) is 19.8 Å². The smallest absolute Gasteiger partial charge is 0.162 e. The zero-order chi connectivity index (χ0) is 11.5. The Morgan fingerprint density at radius 2 is 2.07 bits per heavy atom. The molecule has 15 heavy (non-hydrogen) atoms. The molecule has 2 N–H and O–H groups in total. The Kier molecular flexibility index (Phi) is 3.63. The monoisotopic (exact) mass is 209 g/mol. The van der Waals surface area contributed by atoms with Crippen molar-refractivity contribution in [3.8, 4) is 0 Å². The summed E-state index contributed by atoms with van der Waals surface area (Å²) >= 11 is 0. The lowest BCUT2D eigenvalue weighted by molar-refractivity contribution is -0.00901. The van der Waals surface area contributed by atoms with Gasteiger partial charge in [-0.1, -0.05) is 13.8 Å². The molecule has 0 amide bonds. The molecular formula is C11H19N3O. The third-order valence-electron chi connectivity index (χ3n) is 2.76. The molecule has 0 aliphatic heterocycles. The van der Waals surface area contributed by atoms with E-state index < -0.39 is 5.60 Å².